The summed E-state index contributed by atoms with van der Waals surface area (Å²) in [4.78, 5) is 12.7. The predicted octanol–water partition coefficient (Wildman–Crippen LogP) is 6.82. The fraction of sp³-hybridized carbons (Fsp3) is 0.250. The number of primary amides is 1. The Kier molecular flexibility index (Phi) is 6.17. The maximum atomic E-state index is 12.7. The molecule has 0 atom stereocenters. The number of halogens is 2. The van der Waals surface area contributed by atoms with Crippen LogP contribution in [0.3, 0.4) is 0 Å². The Balaban J connectivity index is 1.38. The molecule has 4 nitrogen and oxygen atoms in total. The molecular formula is C28H26BrClN2O2. The van der Waals surface area contributed by atoms with Gasteiger partial charge in [-0.25, -0.2) is 0 Å². The Morgan fingerprint density at radius 1 is 1.00 bits per heavy atom. The van der Waals surface area contributed by atoms with Gasteiger partial charge in [0.25, 0.3) is 0 Å². The Morgan fingerprint density at radius 3 is 2.47 bits per heavy atom. The third-order valence-electron chi connectivity index (χ3n) is 7.17. The summed E-state index contributed by atoms with van der Waals surface area (Å²) in [6, 6.07) is 23.9. The number of hydrogen-bond donors (Lipinski definition) is 2. The van der Waals surface area contributed by atoms with Crippen LogP contribution in [-0.4, -0.2) is 11.4 Å². The molecule has 2 aliphatic carbocycles. The quantitative estimate of drug-likeness (QED) is 0.363. The van der Waals surface area contributed by atoms with Gasteiger partial charge in [0.2, 0.25) is 5.91 Å². The SMILES string of the molecule is NC(=O)C1(Nc2cccc(Cl)c2)CCC2(CC1)C(Br)=Cc1ccc(OCc3ccccc3)cc12. The van der Waals surface area contributed by atoms with Gasteiger partial charge in [-0.2, -0.15) is 0 Å². The maximum absolute atomic E-state index is 12.7. The smallest absolute Gasteiger partial charge is 0.243 e. The summed E-state index contributed by atoms with van der Waals surface area (Å²) in [5.41, 5.74) is 9.31. The van der Waals surface area contributed by atoms with Crippen molar-refractivity contribution in [3.05, 3.63) is 99.0 Å². The summed E-state index contributed by atoms with van der Waals surface area (Å²) in [6.45, 7) is 0.523. The number of nitrogens with two attached hydrogens (primary N) is 1. The lowest BCUT2D eigenvalue weighted by Gasteiger charge is -2.45. The van der Waals surface area contributed by atoms with Crippen LogP contribution in [0, 0.1) is 0 Å². The molecule has 6 heteroatoms. The monoisotopic (exact) mass is 536 g/mol. The average molecular weight is 538 g/mol. The van der Waals surface area contributed by atoms with Crippen molar-refractivity contribution in [1.82, 2.24) is 0 Å². The van der Waals surface area contributed by atoms with Crippen molar-refractivity contribution in [3.63, 3.8) is 0 Å². The van der Waals surface area contributed by atoms with E-state index in [1.165, 1.54) is 11.1 Å². The molecule has 3 aromatic rings. The van der Waals surface area contributed by atoms with Gasteiger partial charge < -0.3 is 15.8 Å². The number of benzene rings is 3. The summed E-state index contributed by atoms with van der Waals surface area (Å²) >= 11 is 10.0. The second kappa shape index (κ2) is 9.12. The summed E-state index contributed by atoms with van der Waals surface area (Å²) in [6.07, 6.45) is 5.00. The van der Waals surface area contributed by atoms with Crippen molar-refractivity contribution in [2.75, 3.05) is 5.32 Å². The van der Waals surface area contributed by atoms with Crippen LogP contribution in [0.5, 0.6) is 5.75 Å². The number of amides is 1. The lowest BCUT2D eigenvalue weighted by atomic mass is 9.65. The van der Waals surface area contributed by atoms with E-state index in [0.717, 1.165) is 34.3 Å². The highest BCUT2D eigenvalue weighted by Crippen LogP contribution is 2.55. The summed E-state index contributed by atoms with van der Waals surface area (Å²) in [5, 5.41) is 4.03. The van der Waals surface area contributed by atoms with E-state index in [-0.39, 0.29) is 11.3 Å². The van der Waals surface area contributed by atoms with Crippen molar-refractivity contribution in [2.24, 2.45) is 5.73 Å². The van der Waals surface area contributed by atoms with Crippen molar-refractivity contribution < 1.29 is 9.53 Å². The highest BCUT2D eigenvalue weighted by atomic mass is 79.9. The number of carbonyl (C=O) groups is 1. The molecule has 0 aliphatic heterocycles. The van der Waals surface area contributed by atoms with Gasteiger partial charge in [-0.1, -0.05) is 70.0 Å². The number of rotatable bonds is 6. The first-order valence-electron chi connectivity index (χ1n) is 11.4. The molecule has 1 amide bonds. The van der Waals surface area contributed by atoms with Gasteiger partial charge in [0.05, 0.1) is 0 Å². The minimum atomic E-state index is -0.812. The molecule has 3 aromatic carbocycles. The molecule has 174 valence electrons. The van der Waals surface area contributed by atoms with E-state index >= 15 is 0 Å². The summed E-state index contributed by atoms with van der Waals surface area (Å²) in [7, 11) is 0. The van der Waals surface area contributed by atoms with Crippen LogP contribution in [-0.2, 0) is 16.8 Å². The Morgan fingerprint density at radius 2 is 1.76 bits per heavy atom. The fourth-order valence-corrected chi connectivity index (χ4v) is 6.24. The standard InChI is InChI=1S/C28H26BrClN2O2/c29-25-15-20-9-10-23(34-18-19-5-2-1-3-6-19)17-24(20)27(25)11-13-28(14-12-27,26(31)33)32-22-8-4-7-21(30)16-22/h1-10,15-17,32H,11-14,18H2,(H2,31,33). The van der Waals surface area contributed by atoms with Crippen molar-refractivity contribution in [3.8, 4) is 5.75 Å². The van der Waals surface area contributed by atoms with Crippen molar-refractivity contribution in [1.29, 1.82) is 0 Å². The van der Waals surface area contributed by atoms with E-state index in [1.54, 1.807) is 0 Å². The first-order valence-corrected chi connectivity index (χ1v) is 12.6. The number of fused-ring (bicyclic) bond motifs is 2. The molecule has 5 rings (SSSR count). The minimum Gasteiger partial charge on any atom is -0.489 e. The molecule has 3 N–H and O–H groups in total. The highest BCUT2D eigenvalue weighted by molar-refractivity contribution is 9.11. The zero-order chi connectivity index (χ0) is 23.8. The molecule has 2 aliphatic rings. The van der Waals surface area contributed by atoms with Crippen LogP contribution >= 0.6 is 27.5 Å². The number of hydrogen-bond acceptors (Lipinski definition) is 3. The molecule has 1 spiro atoms. The maximum Gasteiger partial charge on any atom is 0.243 e. The van der Waals surface area contributed by atoms with Crippen molar-refractivity contribution >= 4 is 45.2 Å². The van der Waals surface area contributed by atoms with Crippen LogP contribution in [0.4, 0.5) is 5.69 Å². The van der Waals surface area contributed by atoms with Gasteiger partial charge in [0.1, 0.15) is 17.9 Å². The molecule has 34 heavy (non-hydrogen) atoms. The average Bonchev–Trinajstić information content (AvgIpc) is 3.10. The lowest BCUT2D eigenvalue weighted by Crippen LogP contribution is -2.54. The van der Waals surface area contributed by atoms with Crippen molar-refractivity contribution in [2.45, 2.75) is 43.2 Å². The Labute approximate surface area is 213 Å². The van der Waals surface area contributed by atoms with Gasteiger partial charge in [0, 0.05) is 20.6 Å². The minimum absolute atomic E-state index is 0.184. The molecule has 0 heterocycles. The van der Waals surface area contributed by atoms with Gasteiger partial charge in [0.15, 0.2) is 0 Å². The molecule has 1 fully saturated rings. The van der Waals surface area contributed by atoms with Gasteiger partial charge in [-0.3, -0.25) is 4.79 Å². The third-order valence-corrected chi connectivity index (χ3v) is 8.39. The van der Waals surface area contributed by atoms with Gasteiger partial charge in [-0.05, 0) is 78.8 Å². The number of allylic oxidation sites excluding steroid dienone is 1. The van der Waals surface area contributed by atoms with E-state index < -0.39 is 5.54 Å². The number of ether oxygens (including phenoxy) is 1. The molecule has 0 bridgehead atoms. The van der Waals surface area contributed by atoms with Gasteiger partial charge >= 0.3 is 0 Å². The number of nitrogens with one attached hydrogen (secondary N) is 1. The summed E-state index contributed by atoms with van der Waals surface area (Å²) < 4.78 is 7.27. The molecule has 0 radical (unpaired) electrons. The number of anilines is 1. The number of carbonyl (C=O) groups excluding carboxylic acids is 1. The van der Waals surface area contributed by atoms with Crippen LogP contribution in [0.15, 0.2) is 77.3 Å². The highest BCUT2D eigenvalue weighted by Gasteiger charge is 2.50. The van der Waals surface area contributed by atoms with E-state index in [1.807, 2.05) is 48.5 Å². The first kappa shape index (κ1) is 23.0. The molecule has 0 saturated heterocycles. The van der Waals surface area contributed by atoms with E-state index in [4.69, 9.17) is 22.1 Å². The van der Waals surface area contributed by atoms with Crippen LogP contribution in [0.2, 0.25) is 5.02 Å². The van der Waals surface area contributed by atoms with Crippen LogP contribution in [0.1, 0.15) is 42.4 Å². The predicted molar refractivity (Wildman–Crippen MR) is 141 cm³/mol. The topological polar surface area (TPSA) is 64.4 Å². The normalized spacial score (nSPS) is 23.3. The largest absolute Gasteiger partial charge is 0.489 e. The van der Waals surface area contributed by atoms with E-state index in [9.17, 15) is 4.79 Å². The fourth-order valence-electron chi connectivity index (χ4n) is 5.20. The van der Waals surface area contributed by atoms with Gasteiger partial charge in [-0.15, -0.1) is 0 Å². The zero-order valence-corrected chi connectivity index (χ0v) is 21.0. The van der Waals surface area contributed by atoms with E-state index in [2.05, 4.69) is 51.6 Å². The van der Waals surface area contributed by atoms with Crippen LogP contribution in [0.25, 0.3) is 6.08 Å². The molecule has 0 unspecified atom stereocenters. The first-order chi connectivity index (χ1) is 16.4. The second-order valence-corrected chi connectivity index (χ2v) is 10.5. The molecular weight excluding hydrogens is 512 g/mol. The molecule has 1 saturated carbocycles. The summed E-state index contributed by atoms with van der Waals surface area (Å²) in [5.74, 6) is 0.516. The second-order valence-electron chi connectivity index (χ2n) is 9.18. The van der Waals surface area contributed by atoms with Crippen LogP contribution < -0.4 is 15.8 Å². The zero-order valence-electron chi connectivity index (χ0n) is 18.7. The Hall–Kier alpha value is -2.76. The lowest BCUT2D eigenvalue weighted by molar-refractivity contribution is -0.123. The third kappa shape index (κ3) is 4.23. The van der Waals surface area contributed by atoms with E-state index in [0.29, 0.717) is 24.5 Å². The molecule has 0 aromatic heterocycles. The Bertz CT molecular complexity index is 1250.